The molecule has 2 aromatic rings. The standard InChI is InChI=1S/C22H28Cl2N6O4/c1-34-22(33)30-11-14-3-2-13(6-16(14)7-19(30)21(31)32)9-29(12-20-25-27-28-26-20)10-15-4-5-17(23)8-18(15)24/h4-5,8,13-14,16,19H,2-3,6-7,9-12H2,1H3,(H,31,32)(H,25,26,27,28)/t13?,14-,16?,19?/m0/s1. The second kappa shape index (κ2) is 10.9. The van der Waals surface area contributed by atoms with Crippen LogP contribution in [0.4, 0.5) is 4.79 Å². The van der Waals surface area contributed by atoms with Crippen LogP contribution in [-0.2, 0) is 22.6 Å². The topological polar surface area (TPSA) is 125 Å². The van der Waals surface area contributed by atoms with E-state index in [4.69, 9.17) is 27.9 Å². The molecule has 2 fully saturated rings. The summed E-state index contributed by atoms with van der Waals surface area (Å²) in [5, 5.41) is 25.2. The van der Waals surface area contributed by atoms with Gasteiger partial charge in [-0.3, -0.25) is 9.80 Å². The van der Waals surface area contributed by atoms with Crippen molar-refractivity contribution in [3.63, 3.8) is 0 Å². The van der Waals surface area contributed by atoms with Crippen LogP contribution >= 0.6 is 23.2 Å². The van der Waals surface area contributed by atoms with E-state index in [1.54, 1.807) is 6.07 Å². The number of fused-ring (bicyclic) bond motifs is 1. The molecule has 4 atom stereocenters. The second-order valence-corrected chi connectivity index (χ2v) is 9.99. The van der Waals surface area contributed by atoms with Crippen LogP contribution in [0.2, 0.25) is 10.0 Å². The third-order valence-corrected chi connectivity index (χ3v) is 7.54. The van der Waals surface area contributed by atoms with Crippen LogP contribution in [0.3, 0.4) is 0 Å². The second-order valence-electron chi connectivity index (χ2n) is 9.14. The van der Waals surface area contributed by atoms with Gasteiger partial charge in [0.25, 0.3) is 0 Å². The van der Waals surface area contributed by atoms with Gasteiger partial charge in [0.2, 0.25) is 0 Å². The lowest BCUT2D eigenvalue weighted by molar-refractivity contribution is -0.146. The molecule has 1 saturated heterocycles. The van der Waals surface area contributed by atoms with Crippen LogP contribution in [0.1, 0.15) is 37.1 Å². The van der Waals surface area contributed by atoms with Crippen molar-refractivity contribution in [2.45, 2.75) is 44.8 Å². The summed E-state index contributed by atoms with van der Waals surface area (Å²) in [6.45, 7) is 2.32. The lowest BCUT2D eigenvalue weighted by atomic mass is 9.69. The van der Waals surface area contributed by atoms with Gasteiger partial charge in [0.1, 0.15) is 6.04 Å². The highest BCUT2D eigenvalue weighted by atomic mass is 35.5. The number of H-pyrrole nitrogens is 1. The predicted molar refractivity (Wildman–Crippen MR) is 124 cm³/mol. The SMILES string of the molecule is COC(=O)N1C[C@@H]2CCC(CN(Cc3nn[nH]n3)Cc3ccc(Cl)cc3Cl)CC2CC1C(=O)O. The molecule has 1 aliphatic heterocycles. The molecule has 184 valence electrons. The third-order valence-electron chi connectivity index (χ3n) is 6.96. The molecule has 3 unspecified atom stereocenters. The highest BCUT2D eigenvalue weighted by molar-refractivity contribution is 6.35. The lowest BCUT2D eigenvalue weighted by Crippen LogP contribution is -2.54. The van der Waals surface area contributed by atoms with Gasteiger partial charge < -0.3 is 9.84 Å². The van der Waals surface area contributed by atoms with Gasteiger partial charge in [-0.2, -0.15) is 5.21 Å². The quantitative estimate of drug-likeness (QED) is 0.579. The maximum Gasteiger partial charge on any atom is 0.410 e. The minimum absolute atomic E-state index is 0.243. The molecule has 4 rings (SSSR count). The third kappa shape index (κ3) is 5.79. The number of likely N-dealkylation sites (tertiary alicyclic amines) is 1. The fourth-order valence-corrected chi connectivity index (χ4v) is 5.82. The number of aromatic amines is 1. The molecule has 10 nitrogen and oxygen atoms in total. The molecule has 0 spiro atoms. The Labute approximate surface area is 207 Å². The number of nitrogens with one attached hydrogen (secondary N) is 1. The number of halogens is 2. The van der Waals surface area contributed by atoms with Gasteiger partial charge in [0, 0.05) is 29.7 Å². The molecule has 1 aromatic heterocycles. The zero-order valence-corrected chi connectivity index (χ0v) is 20.4. The summed E-state index contributed by atoms with van der Waals surface area (Å²) in [5.74, 6) is 0.505. The molecule has 1 amide bonds. The molecule has 1 aliphatic carbocycles. The van der Waals surface area contributed by atoms with Crippen LogP contribution in [-0.4, -0.2) is 73.8 Å². The van der Waals surface area contributed by atoms with Gasteiger partial charge in [-0.15, -0.1) is 10.2 Å². The highest BCUT2D eigenvalue weighted by Crippen LogP contribution is 2.42. The van der Waals surface area contributed by atoms with E-state index in [0.29, 0.717) is 47.8 Å². The van der Waals surface area contributed by atoms with Crippen LogP contribution < -0.4 is 0 Å². The van der Waals surface area contributed by atoms with Crippen LogP contribution in [0.15, 0.2) is 18.2 Å². The number of benzene rings is 1. The number of rotatable bonds is 7. The van der Waals surface area contributed by atoms with Gasteiger partial charge in [-0.05, 0) is 61.1 Å². The van der Waals surface area contributed by atoms with Crippen molar-refractivity contribution in [3.8, 4) is 0 Å². The van der Waals surface area contributed by atoms with E-state index in [0.717, 1.165) is 31.4 Å². The van der Waals surface area contributed by atoms with Crippen molar-refractivity contribution >= 4 is 35.3 Å². The number of methoxy groups -OCH3 is 1. The largest absolute Gasteiger partial charge is 0.480 e. The first-order valence-electron chi connectivity index (χ1n) is 11.3. The Morgan fingerprint density at radius 2 is 2.06 bits per heavy atom. The van der Waals surface area contributed by atoms with E-state index in [1.807, 2.05) is 12.1 Å². The number of aliphatic carboxylic acids is 1. The fourth-order valence-electron chi connectivity index (χ4n) is 5.36. The fraction of sp³-hybridized carbons (Fsp3) is 0.591. The first kappa shape index (κ1) is 24.7. The number of carbonyl (C=O) groups is 2. The predicted octanol–water partition coefficient (Wildman–Crippen LogP) is 3.47. The van der Waals surface area contributed by atoms with Crippen LogP contribution in [0, 0.1) is 17.8 Å². The molecule has 34 heavy (non-hydrogen) atoms. The first-order valence-corrected chi connectivity index (χ1v) is 12.1. The van der Waals surface area contributed by atoms with Crippen molar-refractivity contribution in [3.05, 3.63) is 39.6 Å². The molecule has 0 bridgehead atoms. The number of ether oxygens (including phenoxy) is 1. The van der Waals surface area contributed by atoms with E-state index in [-0.39, 0.29) is 11.8 Å². The first-order chi connectivity index (χ1) is 16.3. The van der Waals surface area contributed by atoms with E-state index in [9.17, 15) is 14.7 Å². The molecule has 0 radical (unpaired) electrons. The molecule has 2 heterocycles. The van der Waals surface area contributed by atoms with Crippen molar-refractivity contribution in [2.24, 2.45) is 17.8 Å². The van der Waals surface area contributed by atoms with E-state index >= 15 is 0 Å². The van der Waals surface area contributed by atoms with Gasteiger partial charge in [0.15, 0.2) is 5.82 Å². The molecule has 1 aromatic carbocycles. The van der Waals surface area contributed by atoms with Gasteiger partial charge in [-0.1, -0.05) is 34.5 Å². The summed E-state index contributed by atoms with van der Waals surface area (Å²) in [7, 11) is 1.29. The summed E-state index contributed by atoms with van der Waals surface area (Å²) in [4.78, 5) is 27.6. The van der Waals surface area contributed by atoms with E-state index in [1.165, 1.54) is 12.0 Å². The number of aromatic nitrogens is 4. The number of amides is 1. The molecule has 2 N–H and O–H groups in total. The summed E-state index contributed by atoms with van der Waals surface area (Å²) in [6, 6.07) is 4.62. The minimum Gasteiger partial charge on any atom is -0.480 e. The number of carboxylic acid groups (broad SMARTS) is 1. The van der Waals surface area contributed by atoms with Crippen molar-refractivity contribution in [1.29, 1.82) is 0 Å². The molecule has 2 aliphatic rings. The molecular formula is C22H28Cl2N6O4. The Balaban J connectivity index is 1.45. The highest BCUT2D eigenvalue weighted by Gasteiger charge is 2.44. The number of hydrogen-bond donors (Lipinski definition) is 2. The van der Waals surface area contributed by atoms with Gasteiger partial charge in [-0.25, -0.2) is 9.59 Å². The summed E-state index contributed by atoms with van der Waals surface area (Å²) < 4.78 is 4.83. The summed E-state index contributed by atoms with van der Waals surface area (Å²) in [6.07, 6.45) is 2.71. The maximum atomic E-state index is 12.1. The Bertz CT molecular complexity index is 1010. The Morgan fingerprint density at radius 1 is 1.24 bits per heavy atom. The average molecular weight is 511 g/mol. The van der Waals surface area contributed by atoms with Crippen molar-refractivity contribution < 1.29 is 19.4 Å². The lowest BCUT2D eigenvalue weighted by Gasteiger charge is -2.46. The van der Waals surface area contributed by atoms with Crippen LogP contribution in [0.5, 0.6) is 0 Å². The van der Waals surface area contributed by atoms with E-state index < -0.39 is 18.1 Å². The minimum atomic E-state index is -0.984. The number of hydrogen-bond acceptors (Lipinski definition) is 7. The molecular weight excluding hydrogens is 483 g/mol. The number of carbonyl (C=O) groups excluding carboxylic acids is 1. The number of nitrogens with zero attached hydrogens (tertiary/aromatic N) is 5. The molecule has 12 heteroatoms. The van der Waals surface area contributed by atoms with Crippen molar-refractivity contribution in [2.75, 3.05) is 20.2 Å². The Kier molecular flexibility index (Phi) is 7.90. The molecule has 1 saturated carbocycles. The number of piperidine rings is 1. The number of tetrazole rings is 1. The monoisotopic (exact) mass is 510 g/mol. The zero-order valence-electron chi connectivity index (χ0n) is 18.9. The maximum absolute atomic E-state index is 12.1. The zero-order chi connectivity index (χ0) is 24.2. The van der Waals surface area contributed by atoms with Crippen LogP contribution in [0.25, 0.3) is 0 Å². The van der Waals surface area contributed by atoms with Crippen molar-refractivity contribution in [1.82, 2.24) is 30.4 Å². The summed E-state index contributed by atoms with van der Waals surface area (Å²) in [5.41, 5.74) is 0.959. The summed E-state index contributed by atoms with van der Waals surface area (Å²) >= 11 is 12.5. The van der Waals surface area contributed by atoms with E-state index in [2.05, 4.69) is 25.5 Å². The average Bonchev–Trinajstić information content (AvgIpc) is 3.32. The Morgan fingerprint density at radius 3 is 2.74 bits per heavy atom. The van der Waals surface area contributed by atoms with Gasteiger partial charge in [0.05, 0.1) is 13.7 Å². The number of carboxylic acids is 1. The Hall–Kier alpha value is -2.43. The normalized spacial score (nSPS) is 24.6. The van der Waals surface area contributed by atoms with Gasteiger partial charge >= 0.3 is 12.1 Å². The smallest absolute Gasteiger partial charge is 0.410 e.